The Labute approximate surface area is 99.9 Å². The van der Waals surface area contributed by atoms with Crippen LogP contribution in [0.1, 0.15) is 11.5 Å². The van der Waals surface area contributed by atoms with Gasteiger partial charge < -0.3 is 19.3 Å². The smallest absolute Gasteiger partial charge is 0.313 e. The fourth-order valence-electron chi connectivity index (χ4n) is 1.42. The molecule has 0 saturated carbocycles. The standard InChI is InChI=1S/C12H16O5/c1-15-7-11(12(13)14)9-4-3-5-10(6-9)17-8-16-2/h3-6,11H,7-8H2,1-2H3,(H,13,14). The SMILES string of the molecule is COCOc1cccc(C(COC)C(=O)O)c1. The number of ether oxygens (including phenoxy) is 3. The van der Waals surface area contributed by atoms with Crippen LogP contribution in [0.5, 0.6) is 5.75 Å². The fourth-order valence-corrected chi connectivity index (χ4v) is 1.42. The van der Waals surface area contributed by atoms with Crippen LogP contribution in [0.2, 0.25) is 0 Å². The molecule has 0 aliphatic carbocycles. The van der Waals surface area contributed by atoms with Crippen molar-refractivity contribution >= 4 is 5.97 Å². The number of hydrogen-bond donors (Lipinski definition) is 1. The lowest BCUT2D eigenvalue weighted by Gasteiger charge is -2.13. The van der Waals surface area contributed by atoms with Gasteiger partial charge in [-0.3, -0.25) is 4.79 Å². The first-order valence-electron chi connectivity index (χ1n) is 5.12. The van der Waals surface area contributed by atoms with Gasteiger partial charge in [-0.15, -0.1) is 0 Å². The van der Waals surface area contributed by atoms with E-state index in [1.807, 2.05) is 0 Å². The second-order valence-corrected chi connectivity index (χ2v) is 3.47. The van der Waals surface area contributed by atoms with Crippen LogP contribution in [0, 0.1) is 0 Å². The monoisotopic (exact) mass is 240 g/mol. The summed E-state index contributed by atoms with van der Waals surface area (Å²) in [4.78, 5) is 11.1. The Balaban J connectivity index is 2.83. The first kappa shape index (κ1) is 13.5. The van der Waals surface area contributed by atoms with Crippen molar-refractivity contribution in [1.29, 1.82) is 0 Å². The molecule has 1 N–H and O–H groups in total. The van der Waals surface area contributed by atoms with Gasteiger partial charge in [0.15, 0.2) is 6.79 Å². The van der Waals surface area contributed by atoms with Crippen LogP contribution < -0.4 is 4.74 Å². The Morgan fingerprint density at radius 1 is 1.35 bits per heavy atom. The summed E-state index contributed by atoms with van der Waals surface area (Å²) in [5.41, 5.74) is 0.646. The molecule has 1 aromatic carbocycles. The minimum absolute atomic E-state index is 0.128. The molecule has 0 amide bonds. The number of methoxy groups -OCH3 is 2. The summed E-state index contributed by atoms with van der Waals surface area (Å²) in [7, 11) is 3.00. The molecule has 94 valence electrons. The molecular weight excluding hydrogens is 224 g/mol. The topological polar surface area (TPSA) is 65.0 Å². The molecule has 5 nitrogen and oxygen atoms in total. The predicted octanol–water partition coefficient (Wildman–Crippen LogP) is 1.48. The molecule has 17 heavy (non-hydrogen) atoms. The van der Waals surface area contributed by atoms with E-state index in [4.69, 9.17) is 19.3 Å². The molecule has 0 saturated heterocycles. The van der Waals surface area contributed by atoms with E-state index < -0.39 is 11.9 Å². The largest absolute Gasteiger partial charge is 0.481 e. The first-order chi connectivity index (χ1) is 8.19. The van der Waals surface area contributed by atoms with Gasteiger partial charge in [0.2, 0.25) is 0 Å². The number of rotatable bonds is 7. The Hall–Kier alpha value is -1.59. The van der Waals surface area contributed by atoms with E-state index >= 15 is 0 Å². The number of aliphatic carboxylic acids is 1. The molecule has 1 aromatic rings. The normalized spacial score (nSPS) is 12.1. The van der Waals surface area contributed by atoms with Gasteiger partial charge in [0, 0.05) is 14.2 Å². The van der Waals surface area contributed by atoms with Crippen molar-refractivity contribution in [2.45, 2.75) is 5.92 Å². The lowest BCUT2D eigenvalue weighted by atomic mass is 10.00. The van der Waals surface area contributed by atoms with Crippen molar-refractivity contribution in [2.75, 3.05) is 27.6 Å². The summed E-state index contributed by atoms with van der Waals surface area (Å²) in [6.45, 7) is 0.258. The highest BCUT2D eigenvalue weighted by Gasteiger charge is 2.19. The van der Waals surface area contributed by atoms with Crippen LogP contribution in [-0.2, 0) is 14.3 Å². The van der Waals surface area contributed by atoms with Crippen molar-refractivity contribution in [3.8, 4) is 5.75 Å². The summed E-state index contributed by atoms with van der Waals surface area (Å²) in [6, 6.07) is 6.90. The Bertz CT molecular complexity index is 364. The molecule has 0 spiro atoms. The third kappa shape index (κ3) is 4.05. The van der Waals surface area contributed by atoms with Gasteiger partial charge in [0.1, 0.15) is 11.7 Å². The Morgan fingerprint density at radius 2 is 2.12 bits per heavy atom. The second kappa shape index (κ2) is 6.88. The predicted molar refractivity (Wildman–Crippen MR) is 61.2 cm³/mol. The number of carbonyl (C=O) groups is 1. The van der Waals surface area contributed by atoms with E-state index in [1.165, 1.54) is 14.2 Å². The summed E-state index contributed by atoms with van der Waals surface area (Å²) in [6.07, 6.45) is 0. The lowest BCUT2D eigenvalue weighted by molar-refractivity contribution is -0.140. The second-order valence-electron chi connectivity index (χ2n) is 3.47. The zero-order valence-electron chi connectivity index (χ0n) is 9.88. The van der Waals surface area contributed by atoms with Crippen molar-refractivity contribution in [2.24, 2.45) is 0 Å². The van der Waals surface area contributed by atoms with Gasteiger partial charge in [0.25, 0.3) is 0 Å². The molecule has 1 unspecified atom stereocenters. The molecule has 0 radical (unpaired) electrons. The molecule has 0 fully saturated rings. The number of carboxylic acid groups (broad SMARTS) is 1. The van der Waals surface area contributed by atoms with Gasteiger partial charge in [0.05, 0.1) is 6.61 Å². The van der Waals surface area contributed by atoms with E-state index in [1.54, 1.807) is 24.3 Å². The highest BCUT2D eigenvalue weighted by atomic mass is 16.7. The zero-order valence-corrected chi connectivity index (χ0v) is 9.88. The van der Waals surface area contributed by atoms with Crippen LogP contribution in [0.25, 0.3) is 0 Å². The molecule has 1 atom stereocenters. The van der Waals surface area contributed by atoms with Crippen LogP contribution in [0.3, 0.4) is 0 Å². The average molecular weight is 240 g/mol. The van der Waals surface area contributed by atoms with E-state index in [0.717, 1.165) is 0 Å². The van der Waals surface area contributed by atoms with Gasteiger partial charge in [-0.2, -0.15) is 0 Å². The first-order valence-corrected chi connectivity index (χ1v) is 5.12. The average Bonchev–Trinajstić information content (AvgIpc) is 2.33. The number of benzene rings is 1. The maximum Gasteiger partial charge on any atom is 0.313 e. The maximum atomic E-state index is 11.1. The molecule has 1 rings (SSSR count). The van der Waals surface area contributed by atoms with Gasteiger partial charge in [-0.25, -0.2) is 0 Å². The third-order valence-electron chi connectivity index (χ3n) is 2.24. The highest BCUT2D eigenvalue weighted by molar-refractivity contribution is 5.76. The summed E-state index contributed by atoms with van der Waals surface area (Å²) >= 11 is 0. The number of carboxylic acids is 1. The van der Waals surface area contributed by atoms with Crippen LogP contribution in [-0.4, -0.2) is 38.7 Å². The summed E-state index contributed by atoms with van der Waals surface area (Å²) < 4.78 is 14.9. The van der Waals surface area contributed by atoms with Gasteiger partial charge >= 0.3 is 5.97 Å². The Morgan fingerprint density at radius 3 is 2.71 bits per heavy atom. The lowest BCUT2D eigenvalue weighted by Crippen LogP contribution is -2.17. The van der Waals surface area contributed by atoms with E-state index in [2.05, 4.69) is 0 Å². The minimum atomic E-state index is -0.921. The van der Waals surface area contributed by atoms with Crippen molar-refractivity contribution < 1.29 is 24.1 Å². The van der Waals surface area contributed by atoms with Crippen molar-refractivity contribution in [3.63, 3.8) is 0 Å². The van der Waals surface area contributed by atoms with Crippen molar-refractivity contribution in [3.05, 3.63) is 29.8 Å². The molecule has 5 heteroatoms. The maximum absolute atomic E-state index is 11.1. The molecule has 0 bridgehead atoms. The summed E-state index contributed by atoms with van der Waals surface area (Å²) in [5.74, 6) is -1.03. The molecule has 0 aliphatic heterocycles. The molecule has 0 heterocycles. The zero-order chi connectivity index (χ0) is 12.7. The minimum Gasteiger partial charge on any atom is -0.481 e. The van der Waals surface area contributed by atoms with E-state index in [9.17, 15) is 4.79 Å². The molecule has 0 aromatic heterocycles. The highest BCUT2D eigenvalue weighted by Crippen LogP contribution is 2.21. The van der Waals surface area contributed by atoms with Gasteiger partial charge in [-0.05, 0) is 17.7 Å². The fraction of sp³-hybridized carbons (Fsp3) is 0.417. The molecular formula is C12H16O5. The third-order valence-corrected chi connectivity index (χ3v) is 2.24. The van der Waals surface area contributed by atoms with E-state index in [0.29, 0.717) is 11.3 Å². The van der Waals surface area contributed by atoms with E-state index in [-0.39, 0.29) is 13.4 Å². The van der Waals surface area contributed by atoms with Crippen LogP contribution >= 0.6 is 0 Å². The molecule has 0 aliphatic rings. The van der Waals surface area contributed by atoms with Crippen LogP contribution in [0.15, 0.2) is 24.3 Å². The number of hydrogen-bond acceptors (Lipinski definition) is 4. The Kier molecular flexibility index (Phi) is 5.45. The van der Waals surface area contributed by atoms with Crippen molar-refractivity contribution in [1.82, 2.24) is 0 Å². The van der Waals surface area contributed by atoms with Gasteiger partial charge in [-0.1, -0.05) is 12.1 Å². The summed E-state index contributed by atoms with van der Waals surface area (Å²) in [5, 5.41) is 9.08. The quantitative estimate of drug-likeness (QED) is 0.731. The van der Waals surface area contributed by atoms with Crippen LogP contribution in [0.4, 0.5) is 0 Å².